The van der Waals surface area contributed by atoms with Gasteiger partial charge in [-0.3, -0.25) is 9.59 Å². The van der Waals surface area contributed by atoms with Crippen LogP contribution in [0.2, 0.25) is 0 Å². The van der Waals surface area contributed by atoms with E-state index >= 15 is 0 Å². The molecule has 0 unspecified atom stereocenters. The number of aliphatic hydroxyl groups is 1. The van der Waals surface area contributed by atoms with Gasteiger partial charge in [-0.15, -0.1) is 0 Å². The number of amides is 2. The van der Waals surface area contributed by atoms with Crippen LogP contribution < -0.4 is 10.6 Å². The Morgan fingerprint density at radius 3 is 2.68 bits per heavy atom. The van der Waals surface area contributed by atoms with Crippen molar-refractivity contribution in [3.63, 3.8) is 0 Å². The lowest BCUT2D eigenvalue weighted by Crippen LogP contribution is -2.31. The molecule has 19 heavy (non-hydrogen) atoms. The molecule has 6 heteroatoms. The Labute approximate surface area is 112 Å². The molecule has 0 aromatic carbocycles. The number of hydrogen-bond donors (Lipinski definition) is 3. The monoisotopic (exact) mass is 268 g/mol. The maximum Gasteiger partial charge on any atom is 0.286 e. The van der Waals surface area contributed by atoms with Gasteiger partial charge in [0.2, 0.25) is 5.91 Å². The SMILES string of the molecule is O=C(CCNC(=O)c1ccco1)NCCCCCO. The minimum Gasteiger partial charge on any atom is -0.459 e. The molecule has 0 fully saturated rings. The molecule has 2 amide bonds. The van der Waals surface area contributed by atoms with Gasteiger partial charge in [0.1, 0.15) is 0 Å². The highest BCUT2D eigenvalue weighted by atomic mass is 16.3. The van der Waals surface area contributed by atoms with Crippen LogP contribution in [-0.4, -0.2) is 36.6 Å². The number of rotatable bonds is 9. The molecule has 1 rings (SSSR count). The predicted molar refractivity (Wildman–Crippen MR) is 69.6 cm³/mol. The Balaban J connectivity index is 2.02. The molecule has 0 spiro atoms. The van der Waals surface area contributed by atoms with Crippen molar-refractivity contribution in [2.45, 2.75) is 25.7 Å². The van der Waals surface area contributed by atoms with Crippen molar-refractivity contribution < 1.29 is 19.1 Å². The molecular formula is C13H20N2O4. The number of carbonyl (C=O) groups is 2. The van der Waals surface area contributed by atoms with Crippen LogP contribution in [-0.2, 0) is 4.79 Å². The van der Waals surface area contributed by atoms with Gasteiger partial charge in [-0.1, -0.05) is 0 Å². The van der Waals surface area contributed by atoms with Crippen molar-refractivity contribution in [1.29, 1.82) is 0 Å². The summed E-state index contributed by atoms with van der Waals surface area (Å²) in [6.45, 7) is 1.07. The topological polar surface area (TPSA) is 91.6 Å². The summed E-state index contributed by atoms with van der Waals surface area (Å²) in [5.74, 6) is -0.172. The van der Waals surface area contributed by atoms with E-state index in [-0.39, 0.29) is 37.1 Å². The molecule has 1 aromatic heterocycles. The first kappa shape index (κ1) is 15.2. The second kappa shape index (κ2) is 9.16. The van der Waals surface area contributed by atoms with Crippen molar-refractivity contribution in [2.24, 2.45) is 0 Å². The average molecular weight is 268 g/mol. The standard InChI is InChI=1S/C13H20N2O4/c16-9-3-1-2-7-14-12(17)6-8-15-13(18)11-5-4-10-19-11/h4-5,10,16H,1-3,6-9H2,(H,14,17)(H,15,18). The molecule has 0 aliphatic rings. The highest BCUT2D eigenvalue weighted by Gasteiger charge is 2.08. The van der Waals surface area contributed by atoms with E-state index in [0.717, 1.165) is 19.3 Å². The molecule has 0 saturated heterocycles. The van der Waals surface area contributed by atoms with Crippen molar-refractivity contribution in [1.82, 2.24) is 10.6 Å². The highest BCUT2D eigenvalue weighted by Crippen LogP contribution is 1.98. The van der Waals surface area contributed by atoms with Crippen LogP contribution in [0.3, 0.4) is 0 Å². The molecule has 0 atom stereocenters. The third kappa shape index (κ3) is 6.61. The van der Waals surface area contributed by atoms with Gasteiger partial charge in [0.05, 0.1) is 6.26 Å². The number of aliphatic hydroxyl groups excluding tert-OH is 1. The third-order valence-electron chi connectivity index (χ3n) is 2.54. The molecule has 3 N–H and O–H groups in total. The average Bonchev–Trinajstić information content (AvgIpc) is 2.92. The zero-order chi connectivity index (χ0) is 13.9. The fourth-order valence-corrected chi connectivity index (χ4v) is 1.51. The zero-order valence-electron chi connectivity index (χ0n) is 10.9. The van der Waals surface area contributed by atoms with E-state index in [4.69, 9.17) is 9.52 Å². The van der Waals surface area contributed by atoms with E-state index < -0.39 is 0 Å². The van der Waals surface area contributed by atoms with Gasteiger partial charge < -0.3 is 20.2 Å². The third-order valence-corrected chi connectivity index (χ3v) is 2.54. The Morgan fingerprint density at radius 2 is 2.00 bits per heavy atom. The Bertz CT molecular complexity index is 376. The summed E-state index contributed by atoms with van der Waals surface area (Å²) < 4.78 is 4.92. The van der Waals surface area contributed by atoms with Gasteiger partial charge in [-0.05, 0) is 31.4 Å². The minimum absolute atomic E-state index is 0.0938. The van der Waals surface area contributed by atoms with Crippen molar-refractivity contribution in [3.05, 3.63) is 24.2 Å². The first-order valence-electron chi connectivity index (χ1n) is 6.43. The van der Waals surface area contributed by atoms with E-state index in [2.05, 4.69) is 10.6 Å². The van der Waals surface area contributed by atoms with Crippen LogP contribution in [0.1, 0.15) is 36.2 Å². The van der Waals surface area contributed by atoms with Crippen LogP contribution >= 0.6 is 0 Å². The van der Waals surface area contributed by atoms with Crippen LogP contribution in [0.15, 0.2) is 22.8 Å². The number of hydrogen-bond acceptors (Lipinski definition) is 4. The second-order valence-corrected chi connectivity index (χ2v) is 4.12. The lowest BCUT2D eigenvalue weighted by molar-refractivity contribution is -0.120. The van der Waals surface area contributed by atoms with Crippen LogP contribution in [0.4, 0.5) is 0 Å². The molecule has 0 aliphatic carbocycles. The molecule has 1 aromatic rings. The van der Waals surface area contributed by atoms with Gasteiger partial charge in [0.15, 0.2) is 5.76 Å². The minimum atomic E-state index is -0.319. The first-order chi connectivity index (χ1) is 9.24. The largest absolute Gasteiger partial charge is 0.459 e. The predicted octanol–water partition coefficient (Wildman–Crippen LogP) is 0.678. The fraction of sp³-hybridized carbons (Fsp3) is 0.538. The Kier molecular flexibility index (Phi) is 7.34. The van der Waals surface area contributed by atoms with Gasteiger partial charge >= 0.3 is 0 Å². The summed E-state index contributed by atoms with van der Waals surface area (Å²) in [7, 11) is 0. The van der Waals surface area contributed by atoms with Crippen LogP contribution in [0, 0.1) is 0 Å². The van der Waals surface area contributed by atoms with Gasteiger partial charge in [-0.2, -0.15) is 0 Å². The normalized spacial score (nSPS) is 10.2. The Morgan fingerprint density at radius 1 is 1.16 bits per heavy atom. The number of nitrogens with one attached hydrogen (secondary N) is 2. The maximum absolute atomic E-state index is 11.5. The van der Waals surface area contributed by atoms with Gasteiger partial charge in [0.25, 0.3) is 5.91 Å². The summed E-state index contributed by atoms with van der Waals surface area (Å²) >= 11 is 0. The lowest BCUT2D eigenvalue weighted by atomic mass is 10.2. The smallest absolute Gasteiger partial charge is 0.286 e. The summed E-state index contributed by atoms with van der Waals surface area (Å²) in [6, 6.07) is 3.20. The molecule has 0 saturated carbocycles. The quantitative estimate of drug-likeness (QED) is 0.574. The molecular weight excluding hydrogens is 248 g/mol. The second-order valence-electron chi connectivity index (χ2n) is 4.12. The fourth-order valence-electron chi connectivity index (χ4n) is 1.51. The van der Waals surface area contributed by atoms with Crippen LogP contribution in [0.5, 0.6) is 0 Å². The van der Waals surface area contributed by atoms with Crippen LogP contribution in [0.25, 0.3) is 0 Å². The zero-order valence-corrected chi connectivity index (χ0v) is 10.9. The van der Waals surface area contributed by atoms with E-state index in [0.29, 0.717) is 6.54 Å². The molecule has 1 heterocycles. The number of carbonyl (C=O) groups excluding carboxylic acids is 2. The Hall–Kier alpha value is -1.82. The number of unbranched alkanes of at least 4 members (excludes halogenated alkanes) is 2. The molecule has 106 valence electrons. The van der Waals surface area contributed by atoms with E-state index in [1.165, 1.54) is 6.26 Å². The van der Waals surface area contributed by atoms with Crippen molar-refractivity contribution in [2.75, 3.05) is 19.7 Å². The first-order valence-corrected chi connectivity index (χ1v) is 6.43. The maximum atomic E-state index is 11.5. The van der Waals surface area contributed by atoms with E-state index in [1.807, 2.05) is 0 Å². The van der Waals surface area contributed by atoms with E-state index in [1.54, 1.807) is 12.1 Å². The van der Waals surface area contributed by atoms with Crippen molar-refractivity contribution in [3.8, 4) is 0 Å². The van der Waals surface area contributed by atoms with Gasteiger partial charge in [0, 0.05) is 26.1 Å². The molecule has 0 radical (unpaired) electrons. The summed E-state index contributed by atoms with van der Waals surface area (Å²) in [5.41, 5.74) is 0. The number of furan rings is 1. The van der Waals surface area contributed by atoms with Crippen molar-refractivity contribution >= 4 is 11.8 Å². The summed E-state index contributed by atoms with van der Waals surface area (Å²) in [4.78, 5) is 22.9. The summed E-state index contributed by atoms with van der Waals surface area (Å²) in [5, 5.41) is 13.9. The highest BCUT2D eigenvalue weighted by molar-refractivity contribution is 5.91. The molecule has 0 bridgehead atoms. The summed E-state index contributed by atoms with van der Waals surface area (Å²) in [6.07, 6.45) is 4.17. The van der Waals surface area contributed by atoms with E-state index in [9.17, 15) is 9.59 Å². The van der Waals surface area contributed by atoms with Gasteiger partial charge in [-0.25, -0.2) is 0 Å². The lowest BCUT2D eigenvalue weighted by Gasteiger charge is -2.05. The molecule has 6 nitrogen and oxygen atoms in total. The molecule has 0 aliphatic heterocycles.